The molecule has 0 spiro atoms. The molecule has 0 amide bonds. The predicted octanol–water partition coefficient (Wildman–Crippen LogP) is 6.92. The highest BCUT2D eigenvalue weighted by molar-refractivity contribution is 5.84. The molecular formula is C28H23F4N5O. The molecule has 0 radical (unpaired) electrons. The first-order valence-corrected chi connectivity index (χ1v) is 11.8. The van der Waals surface area contributed by atoms with Gasteiger partial charge in [-0.1, -0.05) is 0 Å². The Labute approximate surface area is 215 Å². The lowest BCUT2D eigenvalue weighted by molar-refractivity contribution is -0.274. The minimum absolute atomic E-state index is 0.0299. The van der Waals surface area contributed by atoms with Crippen molar-refractivity contribution in [3.8, 4) is 22.8 Å². The number of nitrogens with one attached hydrogen (secondary N) is 1. The molecule has 194 valence electrons. The summed E-state index contributed by atoms with van der Waals surface area (Å²) >= 11 is 0. The molecule has 3 aromatic rings. The van der Waals surface area contributed by atoms with E-state index in [9.17, 15) is 17.6 Å². The van der Waals surface area contributed by atoms with Gasteiger partial charge >= 0.3 is 6.36 Å². The Morgan fingerprint density at radius 1 is 0.974 bits per heavy atom. The zero-order chi connectivity index (χ0) is 27.0. The summed E-state index contributed by atoms with van der Waals surface area (Å²) in [5.41, 5.74) is 4.95. The molecule has 10 heteroatoms. The van der Waals surface area contributed by atoms with Gasteiger partial charge in [-0.3, -0.25) is 9.98 Å². The predicted molar refractivity (Wildman–Crippen MR) is 137 cm³/mol. The van der Waals surface area contributed by atoms with Crippen molar-refractivity contribution in [1.29, 1.82) is 0 Å². The standard InChI is InChI=1S/C28H23F4N5O/c1-16(2)34-23-15-27-25(14-22(23)35-21-5-4-12-33-17(21)3)36-24-13-18(29)6-11-26(24)37(27)19-7-9-20(10-8-19)38-28(30,31)32/h4-16,35H,1-3H3. The maximum absolute atomic E-state index is 14.2. The van der Waals surface area contributed by atoms with E-state index in [2.05, 4.69) is 15.0 Å². The van der Waals surface area contributed by atoms with E-state index in [1.165, 1.54) is 36.4 Å². The second-order valence-electron chi connectivity index (χ2n) is 8.96. The van der Waals surface area contributed by atoms with Crippen LogP contribution < -0.4 is 15.4 Å². The Bertz CT molecular complexity index is 1660. The molecule has 2 heterocycles. The lowest BCUT2D eigenvalue weighted by Crippen LogP contribution is -2.17. The third-order valence-electron chi connectivity index (χ3n) is 5.76. The van der Waals surface area contributed by atoms with E-state index in [4.69, 9.17) is 9.98 Å². The van der Waals surface area contributed by atoms with Gasteiger partial charge in [0.25, 0.3) is 0 Å². The van der Waals surface area contributed by atoms with Gasteiger partial charge in [0.05, 0.1) is 44.8 Å². The molecule has 2 aromatic carbocycles. The fourth-order valence-electron chi connectivity index (χ4n) is 4.19. The summed E-state index contributed by atoms with van der Waals surface area (Å²) in [4.78, 5) is 13.8. The summed E-state index contributed by atoms with van der Waals surface area (Å²) in [5.74, 6) is -0.801. The van der Waals surface area contributed by atoms with Crippen molar-refractivity contribution in [2.75, 3.05) is 5.32 Å². The molecule has 2 aliphatic rings. The van der Waals surface area contributed by atoms with Crippen LogP contribution in [0.15, 0.2) is 77.9 Å². The van der Waals surface area contributed by atoms with Gasteiger partial charge in [0.1, 0.15) is 11.6 Å². The number of ether oxygens (including phenoxy) is 1. The first-order chi connectivity index (χ1) is 18.1. The van der Waals surface area contributed by atoms with Crippen LogP contribution in [0.4, 0.5) is 28.9 Å². The van der Waals surface area contributed by atoms with E-state index in [0.29, 0.717) is 39.2 Å². The van der Waals surface area contributed by atoms with Crippen LogP contribution in [0.2, 0.25) is 0 Å². The van der Waals surface area contributed by atoms with Crippen molar-refractivity contribution in [2.45, 2.75) is 33.2 Å². The Morgan fingerprint density at radius 3 is 2.42 bits per heavy atom. The minimum atomic E-state index is -4.80. The number of aryl methyl sites for hydroxylation is 1. The second-order valence-corrected chi connectivity index (χ2v) is 8.96. The molecule has 0 unspecified atom stereocenters. The number of halogens is 4. The molecule has 6 nitrogen and oxygen atoms in total. The highest BCUT2D eigenvalue weighted by atomic mass is 19.4. The summed E-state index contributed by atoms with van der Waals surface area (Å²) in [7, 11) is 0. The summed E-state index contributed by atoms with van der Waals surface area (Å²) in [5, 5.41) is 4.04. The zero-order valence-electron chi connectivity index (χ0n) is 20.7. The molecule has 1 aromatic heterocycles. The smallest absolute Gasteiger partial charge is 0.406 e. The van der Waals surface area contributed by atoms with Crippen molar-refractivity contribution < 1.29 is 22.3 Å². The monoisotopic (exact) mass is 521 g/mol. The van der Waals surface area contributed by atoms with Gasteiger partial charge in [-0.25, -0.2) is 9.37 Å². The second kappa shape index (κ2) is 9.77. The molecular weight excluding hydrogens is 498 g/mol. The third kappa shape index (κ3) is 5.29. The van der Waals surface area contributed by atoms with Gasteiger partial charge < -0.3 is 14.6 Å². The number of nitrogens with zero attached hydrogens (tertiary/aromatic N) is 4. The van der Waals surface area contributed by atoms with Gasteiger partial charge in [0.2, 0.25) is 0 Å². The molecule has 0 fully saturated rings. The number of alkyl halides is 3. The zero-order valence-corrected chi connectivity index (χ0v) is 20.7. The van der Waals surface area contributed by atoms with E-state index in [0.717, 1.165) is 11.4 Å². The highest BCUT2D eigenvalue weighted by Gasteiger charge is 2.31. The number of hydrogen-bond acceptors (Lipinski definition) is 5. The van der Waals surface area contributed by atoms with Crippen molar-refractivity contribution in [2.24, 2.45) is 4.99 Å². The minimum Gasteiger partial charge on any atom is -0.406 e. The number of anilines is 2. The lowest BCUT2D eigenvalue weighted by Gasteiger charge is -2.21. The number of hydrogen-bond donors (Lipinski definition) is 1. The maximum atomic E-state index is 14.2. The van der Waals surface area contributed by atoms with Crippen molar-refractivity contribution in [3.63, 3.8) is 0 Å². The largest absolute Gasteiger partial charge is 0.573 e. The average molecular weight is 522 g/mol. The normalized spacial score (nSPS) is 12.5. The molecule has 1 N–H and O–H groups in total. The summed E-state index contributed by atoms with van der Waals surface area (Å²) in [6, 6.07) is 17.1. The van der Waals surface area contributed by atoms with E-state index in [1.807, 2.05) is 49.6 Å². The van der Waals surface area contributed by atoms with Gasteiger partial charge in [-0.15, -0.1) is 13.2 Å². The van der Waals surface area contributed by atoms with E-state index in [1.54, 1.807) is 12.3 Å². The van der Waals surface area contributed by atoms with Crippen molar-refractivity contribution in [3.05, 3.63) is 89.8 Å². The Balaban J connectivity index is 1.76. The number of benzene rings is 3. The first-order valence-electron chi connectivity index (χ1n) is 11.8. The van der Waals surface area contributed by atoms with Gasteiger partial charge in [-0.2, -0.15) is 0 Å². The quantitative estimate of drug-likeness (QED) is 0.201. The molecule has 38 heavy (non-hydrogen) atoms. The fraction of sp³-hybridized carbons (Fsp3) is 0.179. The Kier molecular flexibility index (Phi) is 6.48. The Hall–Kier alpha value is -4.47. The molecule has 1 aliphatic heterocycles. The van der Waals surface area contributed by atoms with Crippen molar-refractivity contribution in [1.82, 2.24) is 14.5 Å². The third-order valence-corrected chi connectivity index (χ3v) is 5.76. The molecule has 0 saturated carbocycles. The van der Waals surface area contributed by atoms with Gasteiger partial charge in [-0.05, 0) is 81.4 Å². The summed E-state index contributed by atoms with van der Waals surface area (Å²) < 4.78 is 58.1. The van der Waals surface area contributed by atoms with E-state index < -0.39 is 12.2 Å². The van der Waals surface area contributed by atoms with Crippen molar-refractivity contribution >= 4 is 22.4 Å². The SMILES string of the molecule is Cc1ncccc1Nc1cc2nc3cc(F)ccc3n(-c3ccc(OC(F)(F)F)cc3)c-2cc1=NC(C)C. The fourth-order valence-corrected chi connectivity index (χ4v) is 4.19. The average Bonchev–Trinajstić information content (AvgIpc) is 2.84. The number of pyridine rings is 1. The molecule has 0 bridgehead atoms. The Morgan fingerprint density at radius 2 is 1.74 bits per heavy atom. The highest BCUT2D eigenvalue weighted by Crippen LogP contribution is 2.32. The summed E-state index contributed by atoms with van der Waals surface area (Å²) in [6.07, 6.45) is -3.10. The van der Waals surface area contributed by atoms with Crippen LogP contribution in [-0.4, -0.2) is 26.9 Å². The van der Waals surface area contributed by atoms with Crippen LogP contribution in [-0.2, 0) is 0 Å². The molecule has 0 saturated heterocycles. The van der Waals surface area contributed by atoms with Crippen LogP contribution in [0.25, 0.3) is 28.1 Å². The number of fused-ring (bicyclic) bond motifs is 2. The lowest BCUT2D eigenvalue weighted by atomic mass is 10.1. The molecule has 1 aliphatic carbocycles. The van der Waals surface area contributed by atoms with Crippen LogP contribution in [0, 0.1) is 12.7 Å². The summed E-state index contributed by atoms with van der Waals surface area (Å²) in [6.45, 7) is 5.80. The van der Waals surface area contributed by atoms with Crippen LogP contribution in [0.3, 0.4) is 0 Å². The molecule has 5 rings (SSSR count). The number of aromatic nitrogens is 3. The topological polar surface area (TPSA) is 64.3 Å². The van der Waals surface area contributed by atoms with Crippen LogP contribution >= 0.6 is 0 Å². The van der Waals surface area contributed by atoms with E-state index >= 15 is 0 Å². The maximum Gasteiger partial charge on any atom is 0.573 e. The van der Waals surface area contributed by atoms with Crippen LogP contribution in [0.5, 0.6) is 5.75 Å². The van der Waals surface area contributed by atoms with Crippen LogP contribution in [0.1, 0.15) is 19.5 Å². The van der Waals surface area contributed by atoms with Gasteiger partial charge in [0.15, 0.2) is 0 Å². The van der Waals surface area contributed by atoms with Gasteiger partial charge in [0, 0.05) is 24.0 Å². The molecule has 0 atom stereocenters. The van der Waals surface area contributed by atoms with E-state index in [-0.39, 0.29) is 11.8 Å². The number of rotatable bonds is 5. The first kappa shape index (κ1) is 25.2.